The van der Waals surface area contributed by atoms with Crippen LogP contribution in [0.4, 0.5) is 0 Å². The highest BCUT2D eigenvalue weighted by molar-refractivity contribution is 7.91. The molecule has 0 saturated carbocycles. The van der Waals surface area contributed by atoms with Gasteiger partial charge in [-0.15, -0.1) is 0 Å². The van der Waals surface area contributed by atoms with Crippen molar-refractivity contribution in [3.05, 3.63) is 29.8 Å². The van der Waals surface area contributed by atoms with Gasteiger partial charge in [0.05, 0.1) is 24.0 Å². The number of rotatable bonds is 6. The van der Waals surface area contributed by atoms with Gasteiger partial charge in [-0.2, -0.15) is 0 Å². The van der Waals surface area contributed by atoms with E-state index in [-0.39, 0.29) is 35.8 Å². The zero-order chi connectivity index (χ0) is 19.6. The van der Waals surface area contributed by atoms with Crippen molar-refractivity contribution in [2.24, 2.45) is 5.92 Å². The van der Waals surface area contributed by atoms with Crippen LogP contribution in [-0.2, 0) is 26.0 Å². The maximum Gasteiger partial charge on any atom is 0.228 e. The van der Waals surface area contributed by atoms with Gasteiger partial charge in [0.25, 0.3) is 0 Å². The second-order valence-corrected chi connectivity index (χ2v) is 9.50. The lowest BCUT2D eigenvalue weighted by molar-refractivity contribution is -0.135. The van der Waals surface area contributed by atoms with Crippen molar-refractivity contribution < 1.29 is 22.7 Å². The number of nitrogens with zero attached hydrogens (tertiary/aromatic N) is 2. The van der Waals surface area contributed by atoms with E-state index in [0.29, 0.717) is 26.1 Å². The van der Waals surface area contributed by atoms with E-state index in [4.69, 9.17) is 4.74 Å². The SMILES string of the molecule is CCOc1ccc(CN(C)C(=O)C2CC(=O)N(C3CCS(=O)(=O)C3)C2)cc1. The van der Waals surface area contributed by atoms with Crippen molar-refractivity contribution in [1.82, 2.24) is 9.80 Å². The van der Waals surface area contributed by atoms with E-state index in [1.54, 1.807) is 16.8 Å². The summed E-state index contributed by atoms with van der Waals surface area (Å²) < 4.78 is 28.8. The summed E-state index contributed by atoms with van der Waals surface area (Å²) in [5.74, 6) is 0.317. The van der Waals surface area contributed by atoms with Gasteiger partial charge in [0.15, 0.2) is 9.84 Å². The minimum Gasteiger partial charge on any atom is -0.494 e. The Balaban J connectivity index is 1.58. The van der Waals surface area contributed by atoms with Gasteiger partial charge in [-0.05, 0) is 31.0 Å². The molecule has 3 rings (SSSR count). The first kappa shape index (κ1) is 19.7. The molecule has 27 heavy (non-hydrogen) atoms. The average Bonchev–Trinajstić information content (AvgIpc) is 3.18. The number of sulfone groups is 1. The third-order valence-electron chi connectivity index (χ3n) is 5.19. The molecule has 2 amide bonds. The smallest absolute Gasteiger partial charge is 0.228 e. The molecule has 148 valence electrons. The minimum atomic E-state index is -3.06. The Labute approximate surface area is 160 Å². The van der Waals surface area contributed by atoms with Crippen LogP contribution < -0.4 is 4.74 Å². The summed E-state index contributed by atoms with van der Waals surface area (Å²) in [6, 6.07) is 7.31. The van der Waals surface area contributed by atoms with Crippen LogP contribution in [0.3, 0.4) is 0 Å². The first-order valence-electron chi connectivity index (χ1n) is 9.25. The summed E-state index contributed by atoms with van der Waals surface area (Å²) in [7, 11) is -1.33. The van der Waals surface area contributed by atoms with Crippen molar-refractivity contribution in [2.45, 2.75) is 32.4 Å². The lowest BCUT2D eigenvalue weighted by Crippen LogP contribution is -2.39. The monoisotopic (exact) mass is 394 g/mol. The lowest BCUT2D eigenvalue weighted by Gasteiger charge is -2.24. The Morgan fingerprint density at radius 3 is 2.59 bits per heavy atom. The summed E-state index contributed by atoms with van der Waals surface area (Å²) in [6.45, 7) is 3.29. The van der Waals surface area contributed by atoms with Crippen molar-refractivity contribution >= 4 is 21.7 Å². The summed E-state index contributed by atoms with van der Waals surface area (Å²) in [5.41, 5.74) is 0.984. The molecule has 2 aliphatic heterocycles. The van der Waals surface area contributed by atoms with E-state index in [1.165, 1.54) is 0 Å². The second-order valence-electron chi connectivity index (χ2n) is 7.28. The molecule has 2 heterocycles. The number of hydrogen-bond donors (Lipinski definition) is 0. The van der Waals surface area contributed by atoms with Crippen molar-refractivity contribution in [2.75, 3.05) is 31.7 Å². The van der Waals surface area contributed by atoms with Crippen LogP contribution in [0, 0.1) is 5.92 Å². The van der Waals surface area contributed by atoms with Crippen molar-refractivity contribution in [1.29, 1.82) is 0 Å². The topological polar surface area (TPSA) is 84.0 Å². The van der Waals surface area contributed by atoms with Gasteiger partial charge in [0.2, 0.25) is 11.8 Å². The third-order valence-corrected chi connectivity index (χ3v) is 6.94. The molecule has 2 fully saturated rings. The van der Waals surface area contributed by atoms with Crippen LogP contribution in [0.5, 0.6) is 5.75 Å². The highest BCUT2D eigenvalue weighted by Crippen LogP contribution is 2.27. The fraction of sp³-hybridized carbons (Fsp3) is 0.579. The molecule has 0 N–H and O–H groups in total. The van der Waals surface area contributed by atoms with Gasteiger partial charge in [0, 0.05) is 32.6 Å². The molecule has 7 nitrogen and oxygen atoms in total. The number of benzene rings is 1. The Morgan fingerprint density at radius 2 is 2.00 bits per heavy atom. The van der Waals surface area contributed by atoms with E-state index < -0.39 is 15.8 Å². The van der Waals surface area contributed by atoms with Gasteiger partial charge < -0.3 is 14.5 Å². The number of carbonyl (C=O) groups is 2. The molecule has 2 unspecified atom stereocenters. The molecule has 0 radical (unpaired) electrons. The first-order valence-corrected chi connectivity index (χ1v) is 11.1. The third kappa shape index (κ3) is 4.61. The average molecular weight is 394 g/mol. The van der Waals surface area contributed by atoms with E-state index in [0.717, 1.165) is 11.3 Å². The maximum atomic E-state index is 12.8. The molecule has 2 saturated heterocycles. The first-order chi connectivity index (χ1) is 12.8. The molecule has 0 aromatic heterocycles. The molecule has 8 heteroatoms. The van der Waals surface area contributed by atoms with E-state index in [2.05, 4.69) is 0 Å². The predicted octanol–water partition coefficient (Wildman–Crippen LogP) is 1.08. The standard InChI is InChI=1S/C19H26N2O5S/c1-3-26-17-6-4-14(5-7-17)11-20(2)19(23)15-10-18(22)21(12-15)16-8-9-27(24,25)13-16/h4-7,15-16H,3,8-13H2,1-2H3. The van der Waals surface area contributed by atoms with E-state index in [1.807, 2.05) is 31.2 Å². The lowest BCUT2D eigenvalue weighted by atomic mass is 10.1. The summed E-state index contributed by atoms with van der Waals surface area (Å²) in [5, 5.41) is 0. The zero-order valence-electron chi connectivity index (χ0n) is 15.8. The zero-order valence-corrected chi connectivity index (χ0v) is 16.6. The Kier molecular flexibility index (Phi) is 5.74. The summed E-state index contributed by atoms with van der Waals surface area (Å²) in [4.78, 5) is 28.3. The van der Waals surface area contributed by atoms with Gasteiger partial charge in [-0.25, -0.2) is 8.42 Å². The number of ether oxygens (including phenoxy) is 1. The molecule has 0 aliphatic carbocycles. The molecular weight excluding hydrogens is 368 g/mol. The minimum absolute atomic E-state index is 0.0155. The van der Waals surface area contributed by atoms with Crippen LogP contribution in [-0.4, -0.2) is 67.8 Å². The van der Waals surface area contributed by atoms with Crippen LogP contribution in [0.2, 0.25) is 0 Å². The van der Waals surface area contributed by atoms with Crippen molar-refractivity contribution in [3.63, 3.8) is 0 Å². The molecule has 1 aromatic carbocycles. The molecule has 2 atom stereocenters. The molecule has 1 aromatic rings. The molecule has 0 spiro atoms. The fourth-order valence-corrected chi connectivity index (χ4v) is 5.52. The largest absolute Gasteiger partial charge is 0.494 e. The number of amides is 2. The van der Waals surface area contributed by atoms with E-state index >= 15 is 0 Å². The molecule has 2 aliphatic rings. The highest BCUT2D eigenvalue weighted by atomic mass is 32.2. The summed E-state index contributed by atoms with van der Waals surface area (Å²) in [6.07, 6.45) is 0.625. The molecular formula is C19H26N2O5S. The van der Waals surface area contributed by atoms with Gasteiger partial charge >= 0.3 is 0 Å². The van der Waals surface area contributed by atoms with Crippen LogP contribution in [0.15, 0.2) is 24.3 Å². The van der Waals surface area contributed by atoms with Crippen LogP contribution in [0.25, 0.3) is 0 Å². The fourth-order valence-electron chi connectivity index (χ4n) is 3.79. The predicted molar refractivity (Wildman–Crippen MR) is 101 cm³/mol. The second kappa shape index (κ2) is 7.88. The number of likely N-dealkylation sites (tertiary alicyclic amines) is 1. The highest BCUT2D eigenvalue weighted by Gasteiger charge is 2.42. The van der Waals surface area contributed by atoms with Crippen LogP contribution in [0.1, 0.15) is 25.3 Å². The number of hydrogen-bond acceptors (Lipinski definition) is 5. The number of carbonyl (C=O) groups excluding carboxylic acids is 2. The maximum absolute atomic E-state index is 12.8. The molecule has 0 bridgehead atoms. The summed E-state index contributed by atoms with van der Waals surface area (Å²) >= 11 is 0. The Morgan fingerprint density at radius 1 is 1.30 bits per heavy atom. The van der Waals surface area contributed by atoms with Crippen molar-refractivity contribution in [3.8, 4) is 5.75 Å². The van der Waals surface area contributed by atoms with Gasteiger partial charge in [-0.1, -0.05) is 12.1 Å². The Bertz CT molecular complexity index is 806. The van der Waals surface area contributed by atoms with Gasteiger partial charge in [0.1, 0.15) is 5.75 Å². The quantitative estimate of drug-likeness (QED) is 0.721. The Hall–Kier alpha value is -2.09. The normalized spacial score (nSPS) is 24.2. The van der Waals surface area contributed by atoms with Crippen LogP contribution >= 0.6 is 0 Å². The van der Waals surface area contributed by atoms with E-state index in [9.17, 15) is 18.0 Å². The van der Waals surface area contributed by atoms with Gasteiger partial charge in [-0.3, -0.25) is 9.59 Å².